The van der Waals surface area contributed by atoms with Crippen LogP contribution in [-0.2, 0) is 6.54 Å². The van der Waals surface area contributed by atoms with Crippen LogP contribution in [0.1, 0.15) is 71.8 Å². The molecule has 4 aromatic rings. The zero-order valence-corrected chi connectivity index (χ0v) is 20.5. The molecule has 0 aliphatic heterocycles. The van der Waals surface area contributed by atoms with Gasteiger partial charge in [-0.3, -0.25) is 9.59 Å². The number of ketones is 1. The molecule has 1 amide bonds. The standard InChI is InChI=1S/C29H31N3O3/c1-4-11-25(31-29(34)21-12-7-6-8-13-21)28-30-24-14-9-10-15-26(24)32(28)19-23-18-22(20(3)33)16-17-27(23)35-5-2/h6-10,12-18,25H,4-5,11,19H2,1-3H3,(H,31,34)/t25-/m0/s1. The molecule has 1 N–H and O–H groups in total. The number of aromatic nitrogens is 2. The molecule has 4 rings (SSSR count). The average Bonchev–Trinajstić information content (AvgIpc) is 3.23. The number of amides is 1. The summed E-state index contributed by atoms with van der Waals surface area (Å²) in [5.74, 6) is 1.40. The van der Waals surface area contributed by atoms with Gasteiger partial charge in [0.2, 0.25) is 0 Å². The highest BCUT2D eigenvalue weighted by atomic mass is 16.5. The maximum Gasteiger partial charge on any atom is 0.251 e. The van der Waals surface area contributed by atoms with Crippen molar-refractivity contribution in [2.24, 2.45) is 0 Å². The quantitative estimate of drug-likeness (QED) is 0.291. The van der Waals surface area contributed by atoms with Crippen molar-refractivity contribution in [1.82, 2.24) is 14.9 Å². The maximum atomic E-state index is 13.0. The molecular weight excluding hydrogens is 438 g/mol. The number of para-hydroxylation sites is 2. The Hall–Kier alpha value is -3.93. The van der Waals surface area contributed by atoms with Crippen molar-refractivity contribution in [3.8, 4) is 5.75 Å². The number of carbonyl (C=O) groups is 2. The molecule has 0 aliphatic rings. The van der Waals surface area contributed by atoms with Gasteiger partial charge in [-0.1, -0.05) is 43.7 Å². The Morgan fingerprint density at radius 2 is 1.71 bits per heavy atom. The van der Waals surface area contributed by atoms with Crippen LogP contribution in [-0.4, -0.2) is 27.8 Å². The van der Waals surface area contributed by atoms with Crippen LogP contribution in [0.5, 0.6) is 5.75 Å². The third kappa shape index (κ3) is 5.43. The molecule has 6 heteroatoms. The summed E-state index contributed by atoms with van der Waals surface area (Å²) in [5.41, 5.74) is 3.97. The van der Waals surface area contributed by atoms with Gasteiger partial charge in [-0.2, -0.15) is 0 Å². The van der Waals surface area contributed by atoms with E-state index in [2.05, 4.69) is 16.8 Å². The molecule has 6 nitrogen and oxygen atoms in total. The zero-order chi connectivity index (χ0) is 24.8. The van der Waals surface area contributed by atoms with Crippen molar-refractivity contribution < 1.29 is 14.3 Å². The fourth-order valence-corrected chi connectivity index (χ4v) is 4.30. The van der Waals surface area contributed by atoms with E-state index in [9.17, 15) is 9.59 Å². The predicted octanol–water partition coefficient (Wildman–Crippen LogP) is 5.96. The van der Waals surface area contributed by atoms with Crippen molar-refractivity contribution in [2.75, 3.05) is 6.61 Å². The van der Waals surface area contributed by atoms with E-state index in [1.54, 1.807) is 13.0 Å². The van der Waals surface area contributed by atoms with Crippen LogP contribution < -0.4 is 10.1 Å². The first-order valence-electron chi connectivity index (χ1n) is 12.1. The number of fused-ring (bicyclic) bond motifs is 1. The number of ether oxygens (including phenoxy) is 1. The second kappa shape index (κ2) is 11.0. The van der Waals surface area contributed by atoms with E-state index in [4.69, 9.17) is 9.72 Å². The smallest absolute Gasteiger partial charge is 0.251 e. The van der Waals surface area contributed by atoms with E-state index in [0.29, 0.717) is 24.3 Å². The number of rotatable bonds is 10. The molecule has 1 aromatic heterocycles. The fourth-order valence-electron chi connectivity index (χ4n) is 4.30. The summed E-state index contributed by atoms with van der Waals surface area (Å²) >= 11 is 0. The molecule has 0 fully saturated rings. The second-order valence-electron chi connectivity index (χ2n) is 8.54. The minimum Gasteiger partial charge on any atom is -0.494 e. The Balaban J connectivity index is 1.79. The lowest BCUT2D eigenvalue weighted by atomic mass is 10.1. The number of hydrogen-bond acceptors (Lipinski definition) is 4. The molecule has 0 unspecified atom stereocenters. The van der Waals surface area contributed by atoms with Gasteiger partial charge in [-0.25, -0.2) is 4.98 Å². The highest BCUT2D eigenvalue weighted by Gasteiger charge is 2.23. The number of benzene rings is 3. The van der Waals surface area contributed by atoms with Crippen molar-refractivity contribution in [1.29, 1.82) is 0 Å². The number of nitrogens with one attached hydrogen (secondary N) is 1. The predicted molar refractivity (Wildman–Crippen MR) is 138 cm³/mol. The van der Waals surface area contributed by atoms with Crippen LogP contribution in [0.4, 0.5) is 0 Å². The largest absolute Gasteiger partial charge is 0.494 e. The Bertz CT molecular complexity index is 1330. The minimum atomic E-state index is -0.272. The highest BCUT2D eigenvalue weighted by Crippen LogP contribution is 2.29. The summed E-state index contributed by atoms with van der Waals surface area (Å²) in [4.78, 5) is 30.1. The lowest BCUT2D eigenvalue weighted by Crippen LogP contribution is -2.30. The molecule has 180 valence electrons. The number of hydrogen-bond donors (Lipinski definition) is 1. The Morgan fingerprint density at radius 1 is 0.971 bits per heavy atom. The number of imidazole rings is 1. The monoisotopic (exact) mass is 469 g/mol. The molecule has 0 saturated carbocycles. The van der Waals surface area contributed by atoms with Crippen molar-refractivity contribution in [3.05, 3.63) is 95.3 Å². The SMILES string of the molecule is CCC[C@H](NC(=O)c1ccccc1)c1nc2ccccc2n1Cc1cc(C(C)=O)ccc1OCC. The van der Waals surface area contributed by atoms with Crippen LogP contribution >= 0.6 is 0 Å². The van der Waals surface area contributed by atoms with Gasteiger partial charge in [-0.05, 0) is 62.7 Å². The van der Waals surface area contributed by atoms with E-state index in [1.165, 1.54) is 0 Å². The van der Waals surface area contributed by atoms with Crippen LogP contribution in [0.2, 0.25) is 0 Å². The molecule has 3 aromatic carbocycles. The molecule has 0 spiro atoms. The molecule has 0 bridgehead atoms. The molecule has 0 radical (unpaired) electrons. The molecular formula is C29H31N3O3. The summed E-state index contributed by atoms with van der Waals surface area (Å²) in [6, 6.07) is 22.5. The van der Waals surface area contributed by atoms with Gasteiger partial charge in [0, 0.05) is 16.7 Å². The van der Waals surface area contributed by atoms with Gasteiger partial charge in [-0.15, -0.1) is 0 Å². The molecule has 1 atom stereocenters. The first-order valence-corrected chi connectivity index (χ1v) is 12.1. The fraction of sp³-hybridized carbons (Fsp3) is 0.276. The molecule has 1 heterocycles. The van der Waals surface area contributed by atoms with Crippen LogP contribution in [0, 0.1) is 0 Å². The van der Waals surface area contributed by atoms with Gasteiger partial charge in [0.1, 0.15) is 11.6 Å². The normalized spacial score (nSPS) is 11.9. The van der Waals surface area contributed by atoms with Crippen LogP contribution in [0.25, 0.3) is 11.0 Å². The number of nitrogens with zero attached hydrogens (tertiary/aromatic N) is 2. The number of carbonyl (C=O) groups excluding carboxylic acids is 2. The molecule has 35 heavy (non-hydrogen) atoms. The minimum absolute atomic E-state index is 0.00370. The summed E-state index contributed by atoms with van der Waals surface area (Å²) in [7, 11) is 0. The van der Waals surface area contributed by atoms with Crippen LogP contribution in [0.3, 0.4) is 0 Å². The molecule has 0 saturated heterocycles. The third-order valence-corrected chi connectivity index (χ3v) is 6.01. The molecule has 0 aliphatic carbocycles. The highest BCUT2D eigenvalue weighted by molar-refractivity contribution is 5.95. The van der Waals surface area contributed by atoms with Gasteiger partial charge in [0.15, 0.2) is 5.78 Å². The van der Waals surface area contributed by atoms with Crippen molar-refractivity contribution in [3.63, 3.8) is 0 Å². The Labute approximate surface area is 206 Å². The van der Waals surface area contributed by atoms with Crippen molar-refractivity contribution >= 4 is 22.7 Å². The van der Waals surface area contributed by atoms with Gasteiger partial charge < -0.3 is 14.6 Å². The Kier molecular flexibility index (Phi) is 7.60. The summed E-state index contributed by atoms with van der Waals surface area (Å²) in [6.45, 7) is 6.59. The van der Waals surface area contributed by atoms with E-state index in [-0.39, 0.29) is 17.7 Å². The Morgan fingerprint density at radius 3 is 2.43 bits per heavy atom. The topological polar surface area (TPSA) is 73.2 Å². The van der Waals surface area contributed by atoms with Crippen molar-refractivity contribution in [2.45, 2.75) is 46.2 Å². The second-order valence-corrected chi connectivity index (χ2v) is 8.54. The van der Waals surface area contributed by atoms with Gasteiger partial charge >= 0.3 is 0 Å². The average molecular weight is 470 g/mol. The first kappa shape index (κ1) is 24.2. The van der Waals surface area contributed by atoms with E-state index >= 15 is 0 Å². The lowest BCUT2D eigenvalue weighted by Gasteiger charge is -2.21. The van der Waals surface area contributed by atoms with E-state index in [0.717, 1.165) is 41.0 Å². The lowest BCUT2D eigenvalue weighted by molar-refractivity contribution is 0.0931. The maximum absolute atomic E-state index is 13.0. The first-order chi connectivity index (χ1) is 17.0. The van der Waals surface area contributed by atoms with Crippen LogP contribution in [0.15, 0.2) is 72.8 Å². The summed E-state index contributed by atoms with van der Waals surface area (Å²) < 4.78 is 8.02. The van der Waals surface area contributed by atoms with Gasteiger partial charge in [0.25, 0.3) is 5.91 Å². The third-order valence-electron chi connectivity index (χ3n) is 6.01. The summed E-state index contributed by atoms with van der Waals surface area (Å²) in [6.07, 6.45) is 1.63. The van der Waals surface area contributed by atoms with Gasteiger partial charge in [0.05, 0.1) is 30.2 Å². The zero-order valence-electron chi connectivity index (χ0n) is 20.5. The summed E-state index contributed by atoms with van der Waals surface area (Å²) in [5, 5.41) is 3.20. The van der Waals surface area contributed by atoms with E-state index in [1.807, 2.05) is 73.7 Å². The van der Waals surface area contributed by atoms with E-state index < -0.39 is 0 Å². The number of Topliss-reactive ketones (excluding diaryl/α,β-unsaturated/α-hetero) is 1.